The maximum atomic E-state index is 14.3. The summed E-state index contributed by atoms with van der Waals surface area (Å²) in [5.41, 5.74) is 1.71. The van der Waals surface area contributed by atoms with Gasteiger partial charge in [-0.3, -0.25) is 0 Å². The Hall–Kier alpha value is -1.71. The molecule has 29 heavy (non-hydrogen) atoms. The zero-order valence-electron chi connectivity index (χ0n) is 17.6. The molecule has 4 rings (SSSR count). The van der Waals surface area contributed by atoms with Crippen LogP contribution in [0.4, 0.5) is 8.78 Å². The average molecular weight is 403 g/mol. The molecule has 0 N–H and O–H groups in total. The predicted octanol–water partition coefficient (Wildman–Crippen LogP) is 6.62. The van der Waals surface area contributed by atoms with Gasteiger partial charge < -0.3 is 4.74 Å². The predicted molar refractivity (Wildman–Crippen MR) is 109 cm³/mol. The van der Waals surface area contributed by atoms with E-state index in [1.165, 1.54) is 19.3 Å². The third-order valence-corrected chi connectivity index (χ3v) is 7.57. The van der Waals surface area contributed by atoms with E-state index >= 15 is 0 Å². The molecule has 0 aliphatic heterocycles. The number of rotatable bonds is 5. The lowest BCUT2D eigenvalue weighted by atomic mass is 9.82. The van der Waals surface area contributed by atoms with Gasteiger partial charge in [-0.15, -0.1) is 0 Å². The topological polar surface area (TPSA) is 26.3 Å². The van der Waals surface area contributed by atoms with E-state index in [-0.39, 0.29) is 18.0 Å². The van der Waals surface area contributed by atoms with Crippen molar-refractivity contribution >= 4 is 5.97 Å². The lowest BCUT2D eigenvalue weighted by Gasteiger charge is -2.29. The Labute approximate surface area is 172 Å². The molecule has 0 saturated heterocycles. The van der Waals surface area contributed by atoms with E-state index in [1.807, 2.05) is 0 Å². The minimum atomic E-state index is -0.739. The fourth-order valence-electron chi connectivity index (χ4n) is 5.96. The van der Waals surface area contributed by atoms with Crippen molar-refractivity contribution < 1.29 is 18.3 Å². The van der Waals surface area contributed by atoms with Crippen molar-refractivity contribution in [3.8, 4) is 0 Å². The largest absolute Gasteiger partial charge is 0.459 e. The molecule has 3 unspecified atom stereocenters. The van der Waals surface area contributed by atoms with Gasteiger partial charge >= 0.3 is 5.97 Å². The summed E-state index contributed by atoms with van der Waals surface area (Å²) in [4.78, 5) is 12.8. The van der Waals surface area contributed by atoms with Crippen molar-refractivity contribution in [3.05, 3.63) is 46.5 Å². The zero-order valence-corrected chi connectivity index (χ0v) is 17.6. The molecule has 3 atom stereocenters. The normalized spacial score (nSPS) is 31.4. The molecule has 2 fully saturated rings. The van der Waals surface area contributed by atoms with Gasteiger partial charge in [0.25, 0.3) is 0 Å². The molecule has 0 heterocycles. The van der Waals surface area contributed by atoms with Crippen LogP contribution in [0.5, 0.6) is 0 Å². The van der Waals surface area contributed by atoms with Crippen LogP contribution in [0.2, 0.25) is 0 Å². The summed E-state index contributed by atoms with van der Waals surface area (Å²) in [6.45, 7) is 3.81. The van der Waals surface area contributed by atoms with Crippen LogP contribution >= 0.6 is 0 Å². The van der Waals surface area contributed by atoms with Gasteiger partial charge in [0.1, 0.15) is 6.10 Å². The molecule has 0 radical (unpaired) electrons. The van der Waals surface area contributed by atoms with Crippen LogP contribution in [0.1, 0.15) is 81.8 Å². The molecule has 3 aliphatic carbocycles. The van der Waals surface area contributed by atoms with Gasteiger partial charge in [0.2, 0.25) is 0 Å². The second-order valence-corrected chi connectivity index (χ2v) is 9.27. The average Bonchev–Trinajstić information content (AvgIpc) is 3.30. The Morgan fingerprint density at radius 2 is 1.83 bits per heavy atom. The van der Waals surface area contributed by atoms with Gasteiger partial charge in [0.05, 0.1) is 0 Å². The van der Waals surface area contributed by atoms with Crippen molar-refractivity contribution in [3.63, 3.8) is 0 Å². The summed E-state index contributed by atoms with van der Waals surface area (Å²) in [6, 6.07) is 3.36. The minimum absolute atomic E-state index is 0.000220. The number of carbonyl (C=O) groups excluding carboxylic acids is 1. The zero-order chi connectivity index (χ0) is 20.5. The maximum absolute atomic E-state index is 14.3. The summed E-state index contributed by atoms with van der Waals surface area (Å²) in [7, 11) is 0. The Bertz CT molecular complexity index is 792. The van der Waals surface area contributed by atoms with E-state index in [4.69, 9.17) is 4.74 Å². The highest BCUT2D eigenvalue weighted by atomic mass is 19.2. The molecule has 158 valence electrons. The van der Waals surface area contributed by atoms with Crippen molar-refractivity contribution in [1.82, 2.24) is 0 Å². The van der Waals surface area contributed by atoms with Crippen LogP contribution in [-0.2, 0) is 9.53 Å². The molecule has 0 amide bonds. The molecule has 0 bridgehead atoms. The highest BCUT2D eigenvalue weighted by molar-refractivity contribution is 5.90. The van der Waals surface area contributed by atoms with Crippen molar-refractivity contribution in [1.29, 1.82) is 0 Å². The second kappa shape index (κ2) is 8.57. The lowest BCUT2D eigenvalue weighted by Crippen LogP contribution is -2.26. The Morgan fingerprint density at radius 3 is 2.55 bits per heavy atom. The van der Waals surface area contributed by atoms with E-state index in [0.717, 1.165) is 37.2 Å². The number of hydrogen-bond donors (Lipinski definition) is 0. The number of carbonyl (C=O) groups is 1. The molecule has 3 aliphatic rings. The fourth-order valence-corrected chi connectivity index (χ4v) is 5.96. The number of halogens is 2. The van der Waals surface area contributed by atoms with E-state index in [9.17, 15) is 13.6 Å². The summed E-state index contributed by atoms with van der Waals surface area (Å²) >= 11 is 0. The Balaban J connectivity index is 1.31. The summed E-state index contributed by atoms with van der Waals surface area (Å²) < 4.78 is 34.1. The van der Waals surface area contributed by atoms with Crippen molar-refractivity contribution in [2.75, 3.05) is 0 Å². The van der Waals surface area contributed by atoms with Crippen LogP contribution in [0, 0.1) is 36.3 Å². The number of benzene rings is 1. The first-order valence-electron chi connectivity index (χ1n) is 11.3. The van der Waals surface area contributed by atoms with E-state index in [2.05, 4.69) is 13.0 Å². The molecule has 2 saturated carbocycles. The van der Waals surface area contributed by atoms with Gasteiger partial charge in [-0.2, -0.15) is 0 Å². The van der Waals surface area contributed by atoms with Gasteiger partial charge in [0.15, 0.2) is 11.6 Å². The number of hydrogen-bond acceptors (Lipinski definition) is 2. The van der Waals surface area contributed by atoms with Crippen LogP contribution in [0.3, 0.4) is 0 Å². The van der Waals surface area contributed by atoms with E-state index in [1.54, 1.807) is 19.1 Å². The Kier molecular flexibility index (Phi) is 6.08. The van der Waals surface area contributed by atoms with Gasteiger partial charge in [-0.1, -0.05) is 38.0 Å². The Morgan fingerprint density at radius 1 is 1.07 bits per heavy atom. The minimum Gasteiger partial charge on any atom is -0.459 e. The van der Waals surface area contributed by atoms with Crippen molar-refractivity contribution in [2.24, 2.45) is 17.8 Å². The van der Waals surface area contributed by atoms with E-state index < -0.39 is 11.6 Å². The number of aryl methyl sites for hydroxylation is 1. The van der Waals surface area contributed by atoms with Crippen LogP contribution < -0.4 is 0 Å². The molecule has 1 aromatic rings. The van der Waals surface area contributed by atoms with Gasteiger partial charge in [-0.05, 0) is 86.7 Å². The molecule has 0 spiro atoms. The highest BCUT2D eigenvalue weighted by Gasteiger charge is 2.43. The summed E-state index contributed by atoms with van der Waals surface area (Å²) in [5.74, 6) is 0.192. The summed E-state index contributed by atoms with van der Waals surface area (Å²) in [6.07, 6.45) is 10.7. The summed E-state index contributed by atoms with van der Waals surface area (Å²) in [5, 5.41) is 0. The van der Waals surface area contributed by atoms with Gasteiger partial charge in [-0.25, -0.2) is 13.6 Å². The van der Waals surface area contributed by atoms with Crippen LogP contribution in [-0.4, -0.2) is 12.1 Å². The first-order valence-corrected chi connectivity index (χ1v) is 11.3. The molecule has 1 aromatic carbocycles. The monoisotopic (exact) mass is 402 g/mol. The number of ether oxygens (including phenoxy) is 1. The van der Waals surface area contributed by atoms with Gasteiger partial charge in [0, 0.05) is 5.57 Å². The van der Waals surface area contributed by atoms with E-state index in [0.29, 0.717) is 35.8 Å². The molecule has 2 nitrogen and oxygen atoms in total. The second-order valence-electron chi connectivity index (χ2n) is 9.27. The quantitative estimate of drug-likeness (QED) is 0.518. The third-order valence-electron chi connectivity index (χ3n) is 7.57. The maximum Gasteiger partial charge on any atom is 0.334 e. The van der Waals surface area contributed by atoms with Crippen LogP contribution in [0.15, 0.2) is 23.8 Å². The number of fused-ring (bicyclic) bond motifs is 1. The smallest absolute Gasteiger partial charge is 0.334 e. The standard InChI is InChI=1S/C25H32F2O2/c1-3-4-16-8-12-21-19(16)13-14-22(21)25(28)29-18-9-6-17(7-10-18)20-11-5-15(2)23(26)24(20)27/h5,11,14,16-19,21H,3-4,6-10,12-13H2,1-2H3. The highest BCUT2D eigenvalue weighted by Crippen LogP contribution is 2.49. The molecule has 0 aromatic heterocycles. The number of allylic oxidation sites excluding steroid dienone is 1. The van der Waals surface area contributed by atoms with Crippen LogP contribution in [0.25, 0.3) is 0 Å². The molecule has 4 heteroatoms. The fraction of sp³-hybridized carbons (Fsp3) is 0.640. The first-order chi connectivity index (χ1) is 14.0. The first kappa shape index (κ1) is 20.6. The molecular formula is C25H32F2O2. The SMILES string of the molecule is CCCC1CCC2C(C(=O)OC3CCC(c4ccc(C)c(F)c4F)CC3)=CCC12. The third kappa shape index (κ3) is 4.00. The lowest BCUT2D eigenvalue weighted by molar-refractivity contribution is -0.146. The molecular weight excluding hydrogens is 370 g/mol. The number of esters is 1. The van der Waals surface area contributed by atoms with Crippen molar-refractivity contribution in [2.45, 2.75) is 83.7 Å².